The molecule has 0 spiro atoms. The van der Waals surface area contributed by atoms with Crippen LogP contribution in [-0.2, 0) is 0 Å². The minimum Gasteiger partial charge on any atom is -0.508 e. The zero-order valence-corrected chi connectivity index (χ0v) is 10.8. The van der Waals surface area contributed by atoms with E-state index in [1.165, 1.54) is 0 Å². The first-order valence-electron chi connectivity index (χ1n) is 6.15. The Morgan fingerprint density at radius 3 is 2.85 bits per heavy atom. The molecule has 0 unspecified atom stereocenters. The summed E-state index contributed by atoms with van der Waals surface area (Å²) in [4.78, 5) is 12.2. The Hall–Kier alpha value is -2.69. The first kappa shape index (κ1) is 12.3. The molecule has 0 fully saturated rings. The average molecular weight is 271 g/mol. The van der Waals surface area contributed by atoms with Crippen molar-refractivity contribution in [3.05, 3.63) is 47.5 Å². The van der Waals surface area contributed by atoms with E-state index >= 15 is 0 Å². The van der Waals surface area contributed by atoms with Gasteiger partial charge in [-0.1, -0.05) is 6.07 Å². The molecule has 1 aliphatic rings. The van der Waals surface area contributed by atoms with E-state index in [-0.39, 0.29) is 18.4 Å². The van der Waals surface area contributed by atoms with E-state index in [1.807, 2.05) is 0 Å². The quantitative estimate of drug-likeness (QED) is 0.881. The lowest BCUT2D eigenvalue weighted by Crippen LogP contribution is -2.13. The van der Waals surface area contributed by atoms with E-state index < -0.39 is 0 Å². The number of phenolic OH excluding ortho intramolecular Hbond substituents is 1. The summed E-state index contributed by atoms with van der Waals surface area (Å²) in [6, 6.07) is 10.0. The van der Waals surface area contributed by atoms with E-state index in [0.29, 0.717) is 28.3 Å². The Morgan fingerprint density at radius 2 is 2.00 bits per heavy atom. The lowest BCUT2D eigenvalue weighted by molar-refractivity contribution is 0.102. The van der Waals surface area contributed by atoms with Gasteiger partial charge in [-0.15, -0.1) is 0 Å². The van der Waals surface area contributed by atoms with Gasteiger partial charge in [0.1, 0.15) is 5.75 Å². The maximum Gasteiger partial charge on any atom is 0.256 e. The van der Waals surface area contributed by atoms with Crippen molar-refractivity contribution in [1.82, 2.24) is 0 Å². The molecule has 1 heterocycles. The Balaban J connectivity index is 1.84. The molecule has 102 valence electrons. The van der Waals surface area contributed by atoms with Gasteiger partial charge in [-0.3, -0.25) is 4.79 Å². The second-order valence-electron chi connectivity index (χ2n) is 4.47. The number of hydrogen-bond acceptors (Lipinski definition) is 4. The molecule has 1 amide bonds. The molecule has 2 aromatic carbocycles. The van der Waals surface area contributed by atoms with Crippen molar-refractivity contribution in [1.29, 1.82) is 0 Å². The minimum absolute atomic E-state index is 0.100. The van der Waals surface area contributed by atoms with Crippen molar-refractivity contribution in [3.8, 4) is 17.2 Å². The SMILES string of the molecule is Cc1c(O)cccc1C(=O)Nc1ccc2c(c1)OCO2. The second-order valence-corrected chi connectivity index (χ2v) is 4.47. The smallest absolute Gasteiger partial charge is 0.256 e. The van der Waals surface area contributed by atoms with Gasteiger partial charge in [0.05, 0.1) is 0 Å². The highest BCUT2D eigenvalue weighted by molar-refractivity contribution is 6.05. The van der Waals surface area contributed by atoms with Gasteiger partial charge in [0.2, 0.25) is 6.79 Å². The van der Waals surface area contributed by atoms with Crippen LogP contribution in [0.15, 0.2) is 36.4 Å². The minimum atomic E-state index is -0.280. The van der Waals surface area contributed by atoms with Gasteiger partial charge in [-0.05, 0) is 31.2 Å². The normalized spacial score (nSPS) is 12.2. The van der Waals surface area contributed by atoms with Crippen LogP contribution in [0.5, 0.6) is 17.2 Å². The number of nitrogens with one attached hydrogen (secondary N) is 1. The van der Waals surface area contributed by atoms with Gasteiger partial charge in [0, 0.05) is 22.9 Å². The number of hydrogen-bond donors (Lipinski definition) is 2. The molecule has 0 saturated carbocycles. The number of amides is 1. The Labute approximate surface area is 115 Å². The van der Waals surface area contributed by atoms with Crippen molar-refractivity contribution in [3.63, 3.8) is 0 Å². The number of phenols is 1. The number of carbonyl (C=O) groups excluding carboxylic acids is 1. The van der Waals surface area contributed by atoms with E-state index in [1.54, 1.807) is 43.3 Å². The van der Waals surface area contributed by atoms with Crippen LogP contribution in [0.1, 0.15) is 15.9 Å². The number of aromatic hydroxyl groups is 1. The van der Waals surface area contributed by atoms with Gasteiger partial charge < -0.3 is 19.9 Å². The molecule has 5 nitrogen and oxygen atoms in total. The number of ether oxygens (including phenoxy) is 2. The lowest BCUT2D eigenvalue weighted by atomic mass is 10.1. The second kappa shape index (κ2) is 4.77. The maximum atomic E-state index is 12.2. The zero-order valence-electron chi connectivity index (χ0n) is 10.8. The summed E-state index contributed by atoms with van der Waals surface area (Å²) in [7, 11) is 0. The predicted molar refractivity (Wildman–Crippen MR) is 73.4 cm³/mol. The topological polar surface area (TPSA) is 67.8 Å². The first-order chi connectivity index (χ1) is 9.65. The molecular weight excluding hydrogens is 258 g/mol. The summed E-state index contributed by atoms with van der Waals surface area (Å²) in [6.07, 6.45) is 0. The number of benzene rings is 2. The standard InChI is InChI=1S/C15H13NO4/c1-9-11(3-2-4-12(9)17)15(18)16-10-5-6-13-14(7-10)20-8-19-13/h2-7,17H,8H2,1H3,(H,16,18). The summed E-state index contributed by atoms with van der Waals surface area (Å²) in [5, 5.41) is 12.4. The van der Waals surface area contributed by atoms with Gasteiger partial charge in [0.15, 0.2) is 11.5 Å². The third kappa shape index (κ3) is 2.14. The van der Waals surface area contributed by atoms with E-state index in [4.69, 9.17) is 9.47 Å². The summed E-state index contributed by atoms with van der Waals surface area (Å²) < 4.78 is 10.5. The van der Waals surface area contributed by atoms with E-state index in [9.17, 15) is 9.90 Å². The molecule has 0 aromatic heterocycles. The van der Waals surface area contributed by atoms with Crippen LogP contribution < -0.4 is 14.8 Å². The van der Waals surface area contributed by atoms with Gasteiger partial charge in [0.25, 0.3) is 5.91 Å². The highest BCUT2D eigenvalue weighted by Gasteiger charge is 2.16. The number of anilines is 1. The van der Waals surface area contributed by atoms with Gasteiger partial charge in [-0.2, -0.15) is 0 Å². The molecule has 2 N–H and O–H groups in total. The monoisotopic (exact) mass is 271 g/mol. The Kier molecular flexibility index (Phi) is 2.95. The van der Waals surface area contributed by atoms with Gasteiger partial charge >= 0.3 is 0 Å². The molecule has 5 heteroatoms. The summed E-state index contributed by atoms with van der Waals surface area (Å²) in [5.74, 6) is 1.09. The molecule has 0 atom stereocenters. The van der Waals surface area contributed by atoms with Crippen LogP contribution >= 0.6 is 0 Å². The lowest BCUT2D eigenvalue weighted by Gasteiger charge is -2.09. The molecule has 0 bridgehead atoms. The van der Waals surface area contributed by atoms with Crippen LogP contribution in [0.2, 0.25) is 0 Å². The van der Waals surface area contributed by atoms with Crippen LogP contribution in [0, 0.1) is 6.92 Å². The third-order valence-corrected chi connectivity index (χ3v) is 3.18. The maximum absolute atomic E-state index is 12.2. The molecule has 1 aliphatic heterocycles. The van der Waals surface area contributed by atoms with Crippen LogP contribution in [0.3, 0.4) is 0 Å². The average Bonchev–Trinajstić information content (AvgIpc) is 2.89. The molecule has 20 heavy (non-hydrogen) atoms. The third-order valence-electron chi connectivity index (χ3n) is 3.18. The van der Waals surface area contributed by atoms with Crippen LogP contribution in [-0.4, -0.2) is 17.8 Å². The molecule has 0 saturated heterocycles. The number of rotatable bonds is 2. The highest BCUT2D eigenvalue weighted by atomic mass is 16.7. The summed E-state index contributed by atoms with van der Waals surface area (Å²) in [5.41, 5.74) is 1.59. The number of carbonyl (C=O) groups is 1. The highest BCUT2D eigenvalue weighted by Crippen LogP contribution is 2.34. The van der Waals surface area contributed by atoms with E-state index in [0.717, 1.165) is 0 Å². The Morgan fingerprint density at radius 1 is 1.20 bits per heavy atom. The fraction of sp³-hybridized carbons (Fsp3) is 0.133. The predicted octanol–water partition coefficient (Wildman–Crippen LogP) is 2.68. The fourth-order valence-electron chi connectivity index (χ4n) is 2.04. The van der Waals surface area contributed by atoms with Crippen molar-refractivity contribution in [2.75, 3.05) is 12.1 Å². The molecule has 0 aliphatic carbocycles. The number of fused-ring (bicyclic) bond motifs is 1. The molecular formula is C15H13NO4. The Bertz CT molecular complexity index is 682. The van der Waals surface area contributed by atoms with Crippen LogP contribution in [0.4, 0.5) is 5.69 Å². The van der Waals surface area contributed by atoms with Crippen LogP contribution in [0.25, 0.3) is 0 Å². The van der Waals surface area contributed by atoms with Crippen molar-refractivity contribution in [2.24, 2.45) is 0 Å². The van der Waals surface area contributed by atoms with Crippen molar-refractivity contribution in [2.45, 2.75) is 6.92 Å². The van der Waals surface area contributed by atoms with Gasteiger partial charge in [-0.25, -0.2) is 0 Å². The molecule has 3 rings (SSSR count). The van der Waals surface area contributed by atoms with E-state index in [2.05, 4.69) is 5.32 Å². The molecule has 0 radical (unpaired) electrons. The summed E-state index contributed by atoms with van der Waals surface area (Å²) in [6.45, 7) is 1.89. The fourth-order valence-corrected chi connectivity index (χ4v) is 2.04. The van der Waals surface area contributed by atoms with Crippen molar-refractivity contribution >= 4 is 11.6 Å². The molecule has 2 aromatic rings. The van der Waals surface area contributed by atoms with Crippen molar-refractivity contribution < 1.29 is 19.4 Å². The summed E-state index contributed by atoms with van der Waals surface area (Å²) >= 11 is 0. The first-order valence-corrected chi connectivity index (χ1v) is 6.15. The zero-order chi connectivity index (χ0) is 14.1. The largest absolute Gasteiger partial charge is 0.508 e.